The molecule has 94 valence electrons. The molecule has 0 amide bonds. The summed E-state index contributed by atoms with van der Waals surface area (Å²) in [6.45, 7) is 0. The molecule has 7 heteroatoms. The highest BCUT2D eigenvalue weighted by Gasteiger charge is 2.21. The summed E-state index contributed by atoms with van der Waals surface area (Å²) in [4.78, 5) is 15.0. The first-order chi connectivity index (χ1) is 7.99. The van der Waals surface area contributed by atoms with E-state index in [1.807, 2.05) is 0 Å². The minimum Gasteiger partial charge on any atom is -0.481 e. The molecule has 1 heterocycles. The van der Waals surface area contributed by atoms with Crippen LogP contribution >= 0.6 is 22.6 Å². The summed E-state index contributed by atoms with van der Waals surface area (Å²) in [5.74, 6) is -0.429. The van der Waals surface area contributed by atoms with Gasteiger partial charge in [-0.15, -0.1) is 0 Å². The van der Waals surface area contributed by atoms with Crippen molar-refractivity contribution in [3.8, 4) is 5.88 Å². The Labute approximate surface area is 110 Å². The molecule has 17 heavy (non-hydrogen) atoms. The topological polar surface area (TPSA) is 48.4 Å². The highest BCUT2D eigenvalue weighted by molar-refractivity contribution is 14.1. The Morgan fingerprint density at radius 2 is 2.18 bits per heavy atom. The van der Waals surface area contributed by atoms with Gasteiger partial charge in [-0.05, 0) is 22.6 Å². The van der Waals surface area contributed by atoms with E-state index >= 15 is 0 Å². The van der Waals surface area contributed by atoms with Crippen molar-refractivity contribution in [3.05, 3.63) is 20.9 Å². The van der Waals surface area contributed by atoms with Crippen molar-refractivity contribution < 1.29 is 23.0 Å². The summed E-state index contributed by atoms with van der Waals surface area (Å²) in [6, 6.07) is 1.39. The van der Waals surface area contributed by atoms with E-state index in [9.17, 15) is 13.6 Å². The van der Waals surface area contributed by atoms with Gasteiger partial charge in [0.15, 0.2) is 0 Å². The summed E-state index contributed by atoms with van der Waals surface area (Å²) in [7, 11) is 2.57. The molecule has 0 unspecified atom stereocenters. The first-order valence-corrected chi connectivity index (χ1v) is 5.65. The molecule has 0 saturated heterocycles. The fraction of sp³-hybridized carbons (Fsp3) is 0.400. The lowest BCUT2D eigenvalue weighted by Gasteiger charge is -2.11. The van der Waals surface area contributed by atoms with Gasteiger partial charge in [0, 0.05) is 9.64 Å². The Balaban J connectivity index is 3.22. The predicted molar refractivity (Wildman–Crippen MR) is 64.2 cm³/mol. The lowest BCUT2D eigenvalue weighted by Crippen LogP contribution is -2.11. The number of hydrogen-bond donors (Lipinski definition) is 0. The van der Waals surface area contributed by atoms with Crippen molar-refractivity contribution in [2.24, 2.45) is 0 Å². The molecular weight excluding hydrogens is 347 g/mol. The Hall–Kier alpha value is -0.990. The maximum absolute atomic E-state index is 12.8. The minimum absolute atomic E-state index is 0.0180. The lowest BCUT2D eigenvalue weighted by molar-refractivity contribution is -0.139. The highest BCUT2D eigenvalue weighted by atomic mass is 127. The molecule has 0 bridgehead atoms. The molecule has 1 aromatic rings. The Morgan fingerprint density at radius 3 is 2.65 bits per heavy atom. The van der Waals surface area contributed by atoms with Crippen molar-refractivity contribution in [1.82, 2.24) is 4.98 Å². The van der Waals surface area contributed by atoms with E-state index in [1.165, 1.54) is 20.3 Å². The van der Waals surface area contributed by atoms with E-state index in [0.717, 1.165) is 0 Å². The van der Waals surface area contributed by atoms with Gasteiger partial charge in [0.05, 0.1) is 31.9 Å². The molecule has 0 aromatic carbocycles. The van der Waals surface area contributed by atoms with E-state index in [-0.39, 0.29) is 23.6 Å². The number of esters is 1. The van der Waals surface area contributed by atoms with Crippen molar-refractivity contribution in [2.45, 2.75) is 12.8 Å². The van der Waals surface area contributed by atoms with E-state index in [0.29, 0.717) is 3.57 Å². The van der Waals surface area contributed by atoms with Gasteiger partial charge in [-0.1, -0.05) is 0 Å². The molecular formula is C10H10F2INO3. The molecule has 0 aliphatic heterocycles. The first-order valence-electron chi connectivity index (χ1n) is 4.57. The van der Waals surface area contributed by atoms with Gasteiger partial charge in [0.25, 0.3) is 6.43 Å². The fourth-order valence-corrected chi connectivity index (χ4v) is 2.04. The molecule has 0 atom stereocenters. The number of hydrogen-bond acceptors (Lipinski definition) is 4. The number of nitrogens with zero attached hydrogens (tertiary/aromatic N) is 1. The number of carbonyl (C=O) groups excluding carboxylic acids is 1. The Morgan fingerprint density at radius 1 is 1.53 bits per heavy atom. The first kappa shape index (κ1) is 14.1. The molecule has 0 N–H and O–H groups in total. The largest absolute Gasteiger partial charge is 0.481 e. The summed E-state index contributed by atoms with van der Waals surface area (Å²) in [5, 5.41) is 0. The van der Waals surface area contributed by atoms with Crippen LogP contribution in [0.5, 0.6) is 5.88 Å². The maximum Gasteiger partial charge on any atom is 0.311 e. The van der Waals surface area contributed by atoms with Gasteiger partial charge in [-0.2, -0.15) is 0 Å². The van der Waals surface area contributed by atoms with Crippen LogP contribution in [0.1, 0.15) is 17.7 Å². The van der Waals surface area contributed by atoms with Crippen LogP contribution in [-0.2, 0) is 16.0 Å². The van der Waals surface area contributed by atoms with Gasteiger partial charge in [-0.25, -0.2) is 13.8 Å². The molecule has 0 spiro atoms. The van der Waals surface area contributed by atoms with Crippen molar-refractivity contribution >= 4 is 28.6 Å². The summed E-state index contributed by atoms with van der Waals surface area (Å²) >= 11 is 1.76. The number of alkyl halides is 2. The number of halogens is 3. The number of carbonyl (C=O) groups is 1. The SMILES string of the molecule is COC(=O)Cc1nc(OC)cc(I)c1C(F)F. The van der Waals surface area contributed by atoms with Gasteiger partial charge >= 0.3 is 5.97 Å². The van der Waals surface area contributed by atoms with Crippen LogP contribution in [0.25, 0.3) is 0 Å². The summed E-state index contributed by atoms with van der Waals surface area (Å²) in [5.41, 5.74) is -0.271. The van der Waals surface area contributed by atoms with Crippen LogP contribution in [0.2, 0.25) is 0 Å². The normalized spacial score (nSPS) is 10.5. The predicted octanol–water partition coefficient (Wildman–Crippen LogP) is 2.35. The van der Waals surface area contributed by atoms with Gasteiger partial charge in [0.1, 0.15) is 0 Å². The monoisotopic (exact) mass is 357 g/mol. The summed E-state index contributed by atoms with van der Waals surface area (Å²) in [6.07, 6.45) is -3.00. The second kappa shape index (κ2) is 6.08. The zero-order chi connectivity index (χ0) is 13.0. The average molecular weight is 357 g/mol. The molecule has 0 aliphatic rings. The molecule has 0 fully saturated rings. The van der Waals surface area contributed by atoms with Crippen molar-refractivity contribution in [2.75, 3.05) is 14.2 Å². The Bertz CT molecular complexity index is 426. The molecule has 0 radical (unpaired) electrons. The van der Waals surface area contributed by atoms with Crippen LogP contribution in [0.3, 0.4) is 0 Å². The maximum atomic E-state index is 12.8. The second-order valence-electron chi connectivity index (χ2n) is 3.06. The van der Waals surface area contributed by atoms with Crippen LogP contribution in [0.4, 0.5) is 8.78 Å². The second-order valence-corrected chi connectivity index (χ2v) is 4.22. The third-order valence-corrected chi connectivity index (χ3v) is 2.92. The number of aromatic nitrogens is 1. The lowest BCUT2D eigenvalue weighted by atomic mass is 10.1. The number of ether oxygens (including phenoxy) is 2. The molecule has 0 saturated carbocycles. The quantitative estimate of drug-likeness (QED) is 0.613. The number of pyridine rings is 1. The van der Waals surface area contributed by atoms with Crippen molar-refractivity contribution in [3.63, 3.8) is 0 Å². The summed E-state index contributed by atoms with van der Waals surface area (Å²) < 4.78 is 35.3. The van der Waals surface area contributed by atoms with E-state index < -0.39 is 12.4 Å². The van der Waals surface area contributed by atoms with Gasteiger partial charge in [-0.3, -0.25) is 4.79 Å². The molecule has 4 nitrogen and oxygen atoms in total. The number of methoxy groups -OCH3 is 2. The van der Waals surface area contributed by atoms with E-state index in [4.69, 9.17) is 4.74 Å². The zero-order valence-corrected chi connectivity index (χ0v) is 11.3. The van der Waals surface area contributed by atoms with E-state index in [1.54, 1.807) is 22.6 Å². The van der Waals surface area contributed by atoms with Crippen molar-refractivity contribution in [1.29, 1.82) is 0 Å². The molecule has 1 rings (SSSR count). The van der Waals surface area contributed by atoms with Crippen LogP contribution in [-0.4, -0.2) is 25.2 Å². The van der Waals surface area contributed by atoms with Gasteiger partial charge in [0.2, 0.25) is 5.88 Å². The van der Waals surface area contributed by atoms with Crippen LogP contribution in [0.15, 0.2) is 6.07 Å². The van der Waals surface area contributed by atoms with Gasteiger partial charge < -0.3 is 9.47 Å². The van der Waals surface area contributed by atoms with Crippen LogP contribution in [0, 0.1) is 3.57 Å². The average Bonchev–Trinajstić information content (AvgIpc) is 2.27. The molecule has 0 aliphatic carbocycles. The van der Waals surface area contributed by atoms with Crippen LogP contribution < -0.4 is 4.74 Å². The smallest absolute Gasteiger partial charge is 0.311 e. The fourth-order valence-electron chi connectivity index (χ4n) is 1.23. The third-order valence-electron chi connectivity index (χ3n) is 2.03. The third kappa shape index (κ3) is 3.48. The number of rotatable bonds is 4. The van der Waals surface area contributed by atoms with E-state index in [2.05, 4.69) is 9.72 Å². The minimum atomic E-state index is -2.69. The zero-order valence-electron chi connectivity index (χ0n) is 9.17. The molecule has 1 aromatic heterocycles. The Kier molecular flexibility index (Phi) is 5.03. The highest BCUT2D eigenvalue weighted by Crippen LogP contribution is 2.30. The standard InChI is InChI=1S/C10H10F2INO3/c1-16-7-3-5(13)9(10(11)12)6(14-7)4-8(15)17-2/h3,10H,4H2,1-2H3.